The van der Waals surface area contributed by atoms with Gasteiger partial charge in [-0.15, -0.1) is 0 Å². The minimum Gasteiger partial charge on any atom is -0.481 e. The molecule has 2 unspecified atom stereocenters. The number of rotatable bonds is 4. The second-order valence-corrected chi connectivity index (χ2v) is 7.15. The van der Waals surface area contributed by atoms with Crippen molar-refractivity contribution in [2.24, 2.45) is 5.92 Å². The van der Waals surface area contributed by atoms with Gasteiger partial charge in [-0.05, 0) is 31.0 Å². The van der Waals surface area contributed by atoms with Crippen molar-refractivity contribution >= 4 is 27.6 Å². The van der Waals surface area contributed by atoms with E-state index in [0.29, 0.717) is 12.8 Å². The van der Waals surface area contributed by atoms with Crippen LogP contribution in [0.25, 0.3) is 0 Å². The van der Waals surface area contributed by atoms with E-state index < -0.39 is 38.7 Å². The van der Waals surface area contributed by atoms with Gasteiger partial charge in [0.05, 0.1) is 5.92 Å². The summed E-state index contributed by atoms with van der Waals surface area (Å²) in [5, 5.41) is 9.23. The molecule has 0 aliphatic heterocycles. The first-order chi connectivity index (χ1) is 9.81. The van der Waals surface area contributed by atoms with Crippen LogP contribution < -0.4 is 4.72 Å². The van der Waals surface area contributed by atoms with Gasteiger partial charge < -0.3 is 5.11 Å². The lowest BCUT2D eigenvalue weighted by molar-refractivity contribution is -0.143. The molecule has 0 radical (unpaired) electrons. The average molecular weight is 336 g/mol. The van der Waals surface area contributed by atoms with Gasteiger partial charge in [-0.2, -0.15) is 0 Å². The van der Waals surface area contributed by atoms with Crippen molar-refractivity contribution in [3.63, 3.8) is 0 Å². The molecule has 21 heavy (non-hydrogen) atoms. The van der Waals surface area contributed by atoms with E-state index in [1.165, 1.54) is 6.07 Å². The van der Waals surface area contributed by atoms with Gasteiger partial charge in [0.2, 0.25) is 10.0 Å². The molecular formula is C13H15ClFNO4S. The minimum atomic E-state index is -4.12. The number of carboxylic acid groups (broad SMARTS) is 1. The fraction of sp³-hybridized carbons (Fsp3) is 0.462. The van der Waals surface area contributed by atoms with Crippen molar-refractivity contribution in [2.75, 3.05) is 0 Å². The lowest BCUT2D eigenvalue weighted by atomic mass is 9.85. The molecule has 0 amide bonds. The van der Waals surface area contributed by atoms with E-state index in [1.54, 1.807) is 0 Å². The predicted molar refractivity (Wildman–Crippen MR) is 75.1 cm³/mol. The summed E-state index contributed by atoms with van der Waals surface area (Å²) in [6.07, 6.45) is 2.31. The van der Waals surface area contributed by atoms with Crippen LogP contribution in [-0.2, 0) is 14.8 Å². The van der Waals surface area contributed by atoms with Gasteiger partial charge in [0.1, 0.15) is 10.7 Å². The Morgan fingerprint density at radius 3 is 2.62 bits per heavy atom. The largest absolute Gasteiger partial charge is 0.481 e. The average Bonchev–Trinajstić information content (AvgIpc) is 2.37. The molecule has 0 saturated heterocycles. The van der Waals surface area contributed by atoms with E-state index >= 15 is 0 Å². The number of hydrogen-bond acceptors (Lipinski definition) is 3. The molecule has 116 valence electrons. The van der Waals surface area contributed by atoms with Crippen LogP contribution in [0.3, 0.4) is 0 Å². The first kappa shape index (κ1) is 16.2. The van der Waals surface area contributed by atoms with Crippen LogP contribution in [0.1, 0.15) is 25.7 Å². The number of aliphatic carboxylic acids is 1. The lowest BCUT2D eigenvalue weighted by Gasteiger charge is -2.29. The van der Waals surface area contributed by atoms with Crippen molar-refractivity contribution in [2.45, 2.75) is 36.6 Å². The summed E-state index contributed by atoms with van der Waals surface area (Å²) < 4.78 is 40.5. The summed E-state index contributed by atoms with van der Waals surface area (Å²) in [5.74, 6) is -2.79. The van der Waals surface area contributed by atoms with Crippen molar-refractivity contribution in [1.29, 1.82) is 0 Å². The van der Waals surface area contributed by atoms with E-state index in [2.05, 4.69) is 4.72 Å². The maximum absolute atomic E-state index is 13.7. The second-order valence-electron chi connectivity index (χ2n) is 5.03. The molecule has 0 spiro atoms. The Balaban J connectivity index is 2.25. The molecule has 2 rings (SSSR count). The second kappa shape index (κ2) is 6.29. The summed E-state index contributed by atoms with van der Waals surface area (Å²) in [6, 6.07) is 2.52. The van der Waals surface area contributed by atoms with Crippen molar-refractivity contribution < 1.29 is 22.7 Å². The highest BCUT2D eigenvalue weighted by Crippen LogP contribution is 2.27. The van der Waals surface area contributed by atoms with Crippen LogP contribution in [0.2, 0.25) is 5.02 Å². The molecule has 0 bridgehead atoms. The highest BCUT2D eigenvalue weighted by Gasteiger charge is 2.34. The van der Waals surface area contributed by atoms with Crippen LogP contribution in [-0.4, -0.2) is 25.5 Å². The number of halogens is 2. The number of hydrogen-bond donors (Lipinski definition) is 2. The zero-order chi connectivity index (χ0) is 15.6. The van der Waals surface area contributed by atoms with Crippen LogP contribution >= 0.6 is 11.6 Å². The SMILES string of the molecule is O=C(O)C1CCCCC1NS(=O)(=O)c1ccc(Cl)cc1F. The van der Waals surface area contributed by atoms with Gasteiger partial charge in [-0.1, -0.05) is 24.4 Å². The van der Waals surface area contributed by atoms with Crippen LogP contribution in [0.5, 0.6) is 0 Å². The van der Waals surface area contributed by atoms with E-state index in [1.807, 2.05) is 0 Å². The molecular weight excluding hydrogens is 321 g/mol. The number of sulfonamides is 1. The normalized spacial score (nSPS) is 23.0. The fourth-order valence-electron chi connectivity index (χ4n) is 2.52. The fourth-order valence-corrected chi connectivity index (χ4v) is 4.05. The summed E-state index contributed by atoms with van der Waals surface area (Å²) in [4.78, 5) is 10.6. The van der Waals surface area contributed by atoms with Gasteiger partial charge in [0, 0.05) is 11.1 Å². The number of carbonyl (C=O) groups is 1. The number of benzene rings is 1. The Hall–Kier alpha value is -1.18. The van der Waals surface area contributed by atoms with Crippen LogP contribution in [0.4, 0.5) is 4.39 Å². The molecule has 2 N–H and O–H groups in total. The van der Waals surface area contributed by atoms with Gasteiger partial charge in [-0.3, -0.25) is 4.79 Å². The molecule has 1 aromatic carbocycles. The quantitative estimate of drug-likeness (QED) is 0.885. The lowest BCUT2D eigenvalue weighted by Crippen LogP contribution is -2.45. The third-order valence-electron chi connectivity index (χ3n) is 3.57. The molecule has 1 saturated carbocycles. The molecule has 8 heteroatoms. The smallest absolute Gasteiger partial charge is 0.308 e. The van der Waals surface area contributed by atoms with Crippen molar-refractivity contribution in [1.82, 2.24) is 4.72 Å². The summed E-state index contributed by atoms with van der Waals surface area (Å²) in [5.41, 5.74) is 0. The van der Waals surface area contributed by atoms with Crippen LogP contribution in [0.15, 0.2) is 23.1 Å². The third-order valence-corrected chi connectivity index (χ3v) is 5.33. The van der Waals surface area contributed by atoms with Crippen LogP contribution in [0, 0.1) is 11.7 Å². The zero-order valence-electron chi connectivity index (χ0n) is 11.1. The molecule has 1 fully saturated rings. The highest BCUT2D eigenvalue weighted by atomic mass is 35.5. The Morgan fingerprint density at radius 2 is 2.00 bits per heavy atom. The Kier molecular flexibility index (Phi) is 4.85. The molecule has 0 aromatic heterocycles. The molecule has 1 aliphatic rings. The topological polar surface area (TPSA) is 83.5 Å². The predicted octanol–water partition coefficient (Wildman–Crippen LogP) is 2.40. The molecule has 5 nitrogen and oxygen atoms in total. The monoisotopic (exact) mass is 335 g/mol. The summed E-state index contributed by atoms with van der Waals surface area (Å²) >= 11 is 5.59. The van der Waals surface area contributed by atoms with Gasteiger partial charge in [0.15, 0.2) is 0 Å². The summed E-state index contributed by atoms with van der Waals surface area (Å²) in [7, 11) is -4.12. The Labute approximate surface area is 127 Å². The standard InChI is InChI=1S/C13H15ClFNO4S/c14-8-5-6-12(10(15)7-8)21(19,20)16-11-4-2-1-3-9(11)13(17)18/h5-7,9,11,16H,1-4H2,(H,17,18). The van der Waals surface area contributed by atoms with Gasteiger partial charge in [-0.25, -0.2) is 17.5 Å². The van der Waals surface area contributed by atoms with E-state index in [4.69, 9.17) is 16.7 Å². The minimum absolute atomic E-state index is 0.0903. The third kappa shape index (κ3) is 3.72. The van der Waals surface area contributed by atoms with E-state index in [0.717, 1.165) is 25.0 Å². The Morgan fingerprint density at radius 1 is 1.33 bits per heavy atom. The van der Waals surface area contributed by atoms with Crippen molar-refractivity contribution in [3.8, 4) is 0 Å². The van der Waals surface area contributed by atoms with Gasteiger partial charge in [0.25, 0.3) is 0 Å². The molecule has 2 atom stereocenters. The Bertz CT molecular complexity index is 650. The first-order valence-corrected chi connectivity index (χ1v) is 8.37. The first-order valence-electron chi connectivity index (χ1n) is 6.51. The maximum atomic E-state index is 13.7. The van der Waals surface area contributed by atoms with Crippen molar-refractivity contribution in [3.05, 3.63) is 29.0 Å². The number of carboxylic acids is 1. The maximum Gasteiger partial charge on any atom is 0.308 e. The molecule has 1 aliphatic carbocycles. The molecule has 1 aromatic rings. The zero-order valence-corrected chi connectivity index (χ0v) is 12.6. The summed E-state index contributed by atoms with van der Waals surface area (Å²) in [6.45, 7) is 0. The highest BCUT2D eigenvalue weighted by molar-refractivity contribution is 7.89. The van der Waals surface area contributed by atoms with Gasteiger partial charge >= 0.3 is 5.97 Å². The number of nitrogens with one attached hydrogen (secondary N) is 1. The van der Waals surface area contributed by atoms with E-state index in [-0.39, 0.29) is 5.02 Å². The van der Waals surface area contributed by atoms with E-state index in [9.17, 15) is 17.6 Å². The molecule has 0 heterocycles.